The van der Waals surface area contributed by atoms with Gasteiger partial charge in [0.1, 0.15) is 0 Å². The fraction of sp³-hybridized carbons (Fsp3) is 0.250. The molecule has 3 aromatic carbocycles. The van der Waals surface area contributed by atoms with Crippen LogP contribution in [0.2, 0.25) is 5.02 Å². The van der Waals surface area contributed by atoms with Gasteiger partial charge in [-0.1, -0.05) is 72.3 Å². The maximum Gasteiger partial charge on any atom is 0.0737 e. The van der Waals surface area contributed by atoms with Gasteiger partial charge in [-0.2, -0.15) is 0 Å². The van der Waals surface area contributed by atoms with E-state index in [0.717, 1.165) is 49.8 Å². The van der Waals surface area contributed by atoms with Gasteiger partial charge in [0.2, 0.25) is 0 Å². The van der Waals surface area contributed by atoms with E-state index in [0.29, 0.717) is 0 Å². The number of hydrogen-bond donors (Lipinski definition) is 1. The molecule has 0 atom stereocenters. The van der Waals surface area contributed by atoms with Crippen molar-refractivity contribution in [2.75, 3.05) is 44.2 Å². The molecule has 0 saturated carbocycles. The maximum absolute atomic E-state index is 6.16. The largest absolute Gasteiger partial charge is 0.368 e. The van der Waals surface area contributed by atoms with Gasteiger partial charge in [0.15, 0.2) is 0 Å². The number of pyridine rings is 1. The maximum atomic E-state index is 6.16. The number of anilines is 1. The minimum Gasteiger partial charge on any atom is -0.368 e. The molecule has 5 heteroatoms. The van der Waals surface area contributed by atoms with Crippen LogP contribution in [0.15, 0.2) is 91.1 Å². The molecule has 4 aromatic rings. The van der Waals surface area contributed by atoms with Gasteiger partial charge in [-0.15, -0.1) is 0 Å². The van der Waals surface area contributed by atoms with Crippen molar-refractivity contribution in [2.45, 2.75) is 6.04 Å². The first-order valence-electron chi connectivity index (χ1n) is 11.6. The van der Waals surface area contributed by atoms with Crippen molar-refractivity contribution >= 4 is 28.2 Å². The minimum atomic E-state index is 0.212. The Balaban J connectivity index is 1.19. The van der Waals surface area contributed by atoms with Gasteiger partial charge in [-0.25, -0.2) is 0 Å². The first kappa shape index (κ1) is 21.9. The van der Waals surface area contributed by atoms with Crippen molar-refractivity contribution in [1.82, 2.24) is 15.2 Å². The number of halogens is 1. The molecule has 1 aliphatic rings. The van der Waals surface area contributed by atoms with Crippen molar-refractivity contribution in [3.05, 3.63) is 107 Å². The minimum absolute atomic E-state index is 0.212. The van der Waals surface area contributed by atoms with E-state index < -0.39 is 0 Å². The van der Waals surface area contributed by atoms with Crippen LogP contribution in [0.1, 0.15) is 17.2 Å². The van der Waals surface area contributed by atoms with Crippen molar-refractivity contribution in [3.8, 4) is 0 Å². The molecule has 4 nitrogen and oxygen atoms in total. The first-order valence-corrected chi connectivity index (χ1v) is 12.0. The quantitative estimate of drug-likeness (QED) is 0.404. The summed E-state index contributed by atoms with van der Waals surface area (Å²) in [5, 5.41) is 5.70. The molecule has 168 valence electrons. The molecule has 1 fully saturated rings. The molecule has 1 saturated heterocycles. The molecule has 1 aromatic heterocycles. The normalized spacial score (nSPS) is 14.8. The molecule has 0 bridgehead atoms. The Kier molecular flexibility index (Phi) is 6.87. The van der Waals surface area contributed by atoms with Crippen molar-refractivity contribution in [3.63, 3.8) is 0 Å². The van der Waals surface area contributed by atoms with E-state index >= 15 is 0 Å². The summed E-state index contributed by atoms with van der Waals surface area (Å²) < 4.78 is 0. The third-order valence-electron chi connectivity index (χ3n) is 6.44. The van der Waals surface area contributed by atoms with E-state index in [1.807, 2.05) is 18.3 Å². The zero-order valence-corrected chi connectivity index (χ0v) is 19.5. The number of benzene rings is 3. The monoisotopic (exact) mass is 456 g/mol. The van der Waals surface area contributed by atoms with Gasteiger partial charge in [0, 0.05) is 61.6 Å². The Bertz CT molecular complexity index is 1130. The topological polar surface area (TPSA) is 31.4 Å². The van der Waals surface area contributed by atoms with Crippen LogP contribution in [0.4, 0.5) is 5.69 Å². The number of fused-ring (bicyclic) bond motifs is 1. The van der Waals surface area contributed by atoms with Gasteiger partial charge < -0.3 is 10.2 Å². The molecule has 0 spiro atoms. The van der Waals surface area contributed by atoms with Crippen molar-refractivity contribution < 1.29 is 0 Å². The highest BCUT2D eigenvalue weighted by atomic mass is 35.5. The lowest BCUT2D eigenvalue weighted by Gasteiger charge is -2.36. The summed E-state index contributed by atoms with van der Waals surface area (Å²) in [5.41, 5.74) is 4.82. The zero-order chi connectivity index (χ0) is 22.5. The Morgan fingerprint density at radius 1 is 0.818 bits per heavy atom. The summed E-state index contributed by atoms with van der Waals surface area (Å²) in [4.78, 5) is 9.51. The van der Waals surface area contributed by atoms with Crippen LogP contribution >= 0.6 is 11.6 Å². The SMILES string of the molecule is Clc1ccc2c(N3CCN(CCNC(c4ccccc4)c4ccccc4)CC3)ccnc2c1. The summed E-state index contributed by atoms with van der Waals surface area (Å²) in [6.07, 6.45) is 1.89. The summed E-state index contributed by atoms with van der Waals surface area (Å²) in [6, 6.07) is 29.7. The van der Waals surface area contributed by atoms with E-state index in [1.165, 1.54) is 22.2 Å². The fourth-order valence-corrected chi connectivity index (χ4v) is 4.85. The molecule has 0 radical (unpaired) electrons. The molecule has 1 N–H and O–H groups in total. The second kappa shape index (κ2) is 10.3. The average Bonchev–Trinajstić information content (AvgIpc) is 2.87. The molecule has 1 aliphatic heterocycles. The highest BCUT2D eigenvalue weighted by molar-refractivity contribution is 6.31. The van der Waals surface area contributed by atoms with Crippen LogP contribution in [0.3, 0.4) is 0 Å². The van der Waals surface area contributed by atoms with Gasteiger partial charge >= 0.3 is 0 Å². The standard InChI is InChI=1S/C28H29ClN4/c29-24-11-12-25-26(21-24)30-14-13-27(25)33-19-17-32(18-20-33)16-15-31-28(22-7-3-1-4-8-22)23-9-5-2-6-10-23/h1-14,21,28,31H,15-20H2. The first-order chi connectivity index (χ1) is 16.3. The second-order valence-electron chi connectivity index (χ2n) is 8.53. The number of hydrogen-bond acceptors (Lipinski definition) is 4. The summed E-state index contributed by atoms with van der Waals surface area (Å²) in [7, 11) is 0. The van der Waals surface area contributed by atoms with Crippen LogP contribution in [0, 0.1) is 0 Å². The van der Waals surface area contributed by atoms with E-state index in [-0.39, 0.29) is 6.04 Å². The van der Waals surface area contributed by atoms with Crippen LogP contribution < -0.4 is 10.2 Å². The van der Waals surface area contributed by atoms with E-state index in [1.54, 1.807) is 0 Å². The lowest BCUT2D eigenvalue weighted by atomic mass is 9.99. The fourth-order valence-electron chi connectivity index (χ4n) is 4.68. The van der Waals surface area contributed by atoms with Crippen molar-refractivity contribution in [2.24, 2.45) is 0 Å². The number of piperazine rings is 1. The Morgan fingerprint density at radius 3 is 2.15 bits per heavy atom. The smallest absolute Gasteiger partial charge is 0.0737 e. The molecule has 0 amide bonds. The highest BCUT2D eigenvalue weighted by Gasteiger charge is 2.19. The third kappa shape index (κ3) is 5.19. The van der Waals surface area contributed by atoms with Crippen LogP contribution in [-0.4, -0.2) is 49.2 Å². The highest BCUT2D eigenvalue weighted by Crippen LogP contribution is 2.28. The molecular formula is C28H29ClN4. The van der Waals surface area contributed by atoms with Crippen LogP contribution in [-0.2, 0) is 0 Å². The average molecular weight is 457 g/mol. The van der Waals surface area contributed by atoms with Crippen molar-refractivity contribution in [1.29, 1.82) is 0 Å². The number of rotatable bonds is 7. The molecule has 5 rings (SSSR count). The molecule has 0 aliphatic carbocycles. The molecule has 0 unspecified atom stereocenters. The lowest BCUT2D eigenvalue weighted by molar-refractivity contribution is 0.256. The second-order valence-corrected chi connectivity index (χ2v) is 8.97. The van der Waals surface area contributed by atoms with Gasteiger partial charge in [-0.05, 0) is 35.4 Å². The van der Waals surface area contributed by atoms with Crippen LogP contribution in [0.25, 0.3) is 10.9 Å². The number of aromatic nitrogens is 1. The van der Waals surface area contributed by atoms with E-state index in [9.17, 15) is 0 Å². The third-order valence-corrected chi connectivity index (χ3v) is 6.67. The van der Waals surface area contributed by atoms with Crippen LogP contribution in [0.5, 0.6) is 0 Å². The molecule has 2 heterocycles. The number of nitrogens with zero attached hydrogens (tertiary/aromatic N) is 3. The Hall–Kier alpha value is -2.92. The summed E-state index contributed by atoms with van der Waals surface area (Å²) in [5.74, 6) is 0. The Morgan fingerprint density at radius 2 is 1.48 bits per heavy atom. The number of nitrogens with one attached hydrogen (secondary N) is 1. The molecule has 33 heavy (non-hydrogen) atoms. The zero-order valence-electron chi connectivity index (χ0n) is 18.7. The predicted octanol–water partition coefficient (Wildman–Crippen LogP) is 5.39. The van der Waals surface area contributed by atoms with Gasteiger partial charge in [-0.3, -0.25) is 9.88 Å². The Labute approximate surface area is 200 Å². The van der Waals surface area contributed by atoms with Gasteiger partial charge in [0.25, 0.3) is 0 Å². The van der Waals surface area contributed by atoms with E-state index in [2.05, 4.69) is 92.9 Å². The van der Waals surface area contributed by atoms with E-state index in [4.69, 9.17) is 11.6 Å². The summed E-state index contributed by atoms with van der Waals surface area (Å²) in [6.45, 7) is 6.13. The summed E-state index contributed by atoms with van der Waals surface area (Å²) >= 11 is 6.16. The predicted molar refractivity (Wildman–Crippen MR) is 138 cm³/mol. The lowest BCUT2D eigenvalue weighted by Crippen LogP contribution is -2.48. The molecular weight excluding hydrogens is 428 g/mol. The van der Waals surface area contributed by atoms with Gasteiger partial charge in [0.05, 0.1) is 11.6 Å².